The van der Waals surface area contributed by atoms with Crippen molar-refractivity contribution < 1.29 is 18.1 Å². The lowest BCUT2D eigenvalue weighted by atomic mass is 10.0. The molecule has 33 heavy (non-hydrogen) atoms. The Labute approximate surface area is 188 Å². The second-order valence-corrected chi connectivity index (χ2v) is 7.43. The summed E-state index contributed by atoms with van der Waals surface area (Å²) in [4.78, 5) is 11.1. The van der Waals surface area contributed by atoms with Gasteiger partial charge in [0.15, 0.2) is 11.6 Å². The summed E-state index contributed by atoms with van der Waals surface area (Å²) in [6.07, 6.45) is 0. The molecular formula is C27H16F3NO2. The molecule has 162 valence electrons. The molecule has 0 N–H and O–H groups in total. The Morgan fingerprint density at radius 2 is 1.33 bits per heavy atom. The molecule has 0 unspecified atom stereocenters. The molecule has 0 heterocycles. The van der Waals surface area contributed by atoms with E-state index in [0.717, 1.165) is 17.7 Å². The fraction of sp³-hybridized carbons (Fsp3) is 0.0370. The lowest BCUT2D eigenvalue weighted by Gasteiger charge is -2.05. The van der Waals surface area contributed by atoms with Crippen molar-refractivity contribution in [2.45, 2.75) is 6.92 Å². The smallest absolute Gasteiger partial charge is 0.258 e. The summed E-state index contributed by atoms with van der Waals surface area (Å²) in [7, 11) is 0. The summed E-state index contributed by atoms with van der Waals surface area (Å²) in [5.41, 5.74) is 3.26. The summed E-state index contributed by atoms with van der Waals surface area (Å²) in [5.74, 6) is 2.79. The molecule has 4 aromatic carbocycles. The molecule has 0 atom stereocenters. The van der Waals surface area contributed by atoms with E-state index in [1.807, 2.05) is 31.2 Å². The van der Waals surface area contributed by atoms with E-state index >= 15 is 0 Å². The van der Waals surface area contributed by atoms with Gasteiger partial charge in [-0.3, -0.25) is 10.1 Å². The van der Waals surface area contributed by atoms with E-state index in [4.69, 9.17) is 0 Å². The molecule has 3 nitrogen and oxygen atoms in total. The summed E-state index contributed by atoms with van der Waals surface area (Å²) in [5, 5.41) is 11.6. The van der Waals surface area contributed by atoms with E-state index in [9.17, 15) is 23.3 Å². The van der Waals surface area contributed by atoms with Crippen LogP contribution in [0.1, 0.15) is 16.7 Å². The molecule has 0 saturated heterocycles. The lowest BCUT2D eigenvalue weighted by molar-refractivity contribution is -0.384. The highest BCUT2D eigenvalue weighted by atomic mass is 19.2. The van der Waals surface area contributed by atoms with Crippen LogP contribution in [0.3, 0.4) is 0 Å². The average molecular weight is 443 g/mol. The molecular weight excluding hydrogens is 427 g/mol. The minimum atomic E-state index is -1.02. The van der Waals surface area contributed by atoms with Gasteiger partial charge in [0.1, 0.15) is 5.82 Å². The number of benzene rings is 4. The summed E-state index contributed by atoms with van der Waals surface area (Å²) in [6, 6.07) is 19.5. The van der Waals surface area contributed by atoms with Gasteiger partial charge >= 0.3 is 0 Å². The van der Waals surface area contributed by atoms with Gasteiger partial charge in [0, 0.05) is 11.6 Å². The highest BCUT2D eigenvalue weighted by molar-refractivity contribution is 5.75. The minimum absolute atomic E-state index is 0.0756. The highest BCUT2D eigenvalue weighted by Crippen LogP contribution is 2.31. The zero-order valence-electron chi connectivity index (χ0n) is 17.4. The van der Waals surface area contributed by atoms with Crippen LogP contribution in [0, 0.1) is 46.3 Å². The van der Waals surface area contributed by atoms with Crippen LogP contribution in [-0.2, 0) is 0 Å². The van der Waals surface area contributed by atoms with Gasteiger partial charge in [-0.1, -0.05) is 53.8 Å². The quantitative estimate of drug-likeness (QED) is 0.193. The van der Waals surface area contributed by atoms with Crippen molar-refractivity contribution in [1.82, 2.24) is 0 Å². The van der Waals surface area contributed by atoms with Gasteiger partial charge in [-0.2, -0.15) is 0 Å². The van der Waals surface area contributed by atoms with Crippen molar-refractivity contribution in [1.29, 1.82) is 0 Å². The van der Waals surface area contributed by atoms with Gasteiger partial charge in [-0.25, -0.2) is 13.2 Å². The van der Waals surface area contributed by atoms with Gasteiger partial charge in [0.05, 0.1) is 16.1 Å². The third-order valence-corrected chi connectivity index (χ3v) is 5.12. The summed E-state index contributed by atoms with van der Waals surface area (Å²) >= 11 is 0. The largest absolute Gasteiger partial charge is 0.278 e. The third kappa shape index (κ3) is 4.78. The van der Waals surface area contributed by atoms with Gasteiger partial charge < -0.3 is 0 Å². The number of halogens is 3. The summed E-state index contributed by atoms with van der Waals surface area (Å²) < 4.78 is 41.1. The normalized spacial score (nSPS) is 10.4. The number of nitro groups is 1. The highest BCUT2D eigenvalue weighted by Gasteiger charge is 2.16. The van der Waals surface area contributed by atoms with E-state index in [0.29, 0.717) is 27.8 Å². The average Bonchev–Trinajstić information content (AvgIpc) is 2.80. The Balaban J connectivity index is 1.65. The molecule has 0 aliphatic heterocycles. The van der Waals surface area contributed by atoms with Crippen molar-refractivity contribution in [3.63, 3.8) is 0 Å². The van der Waals surface area contributed by atoms with E-state index in [-0.39, 0.29) is 11.3 Å². The van der Waals surface area contributed by atoms with Crippen molar-refractivity contribution in [3.8, 4) is 34.1 Å². The zero-order valence-corrected chi connectivity index (χ0v) is 17.4. The molecule has 0 radical (unpaired) electrons. The first kappa shape index (κ1) is 21.8. The van der Waals surface area contributed by atoms with Crippen LogP contribution < -0.4 is 0 Å². The Kier molecular flexibility index (Phi) is 5.97. The lowest BCUT2D eigenvalue weighted by Crippen LogP contribution is -1.93. The molecule has 0 spiro atoms. The Morgan fingerprint density at radius 3 is 1.97 bits per heavy atom. The summed E-state index contributed by atoms with van der Waals surface area (Å²) in [6.45, 7) is 1.93. The first-order chi connectivity index (χ1) is 15.8. The van der Waals surface area contributed by atoms with E-state index in [1.165, 1.54) is 24.3 Å². The predicted molar refractivity (Wildman–Crippen MR) is 121 cm³/mol. The van der Waals surface area contributed by atoms with Crippen LogP contribution in [0.25, 0.3) is 22.3 Å². The second kappa shape index (κ2) is 9.01. The number of aryl methyl sites for hydroxylation is 1. The first-order valence-electron chi connectivity index (χ1n) is 9.94. The third-order valence-electron chi connectivity index (χ3n) is 5.12. The molecule has 0 amide bonds. The van der Waals surface area contributed by atoms with Gasteiger partial charge in [0.25, 0.3) is 5.69 Å². The van der Waals surface area contributed by atoms with Crippen LogP contribution in [0.15, 0.2) is 78.9 Å². The number of hydrogen-bond donors (Lipinski definition) is 0. The molecule has 4 rings (SSSR count). The maximum absolute atomic E-state index is 14.6. The Morgan fingerprint density at radius 1 is 0.697 bits per heavy atom. The van der Waals surface area contributed by atoms with Crippen LogP contribution in [0.2, 0.25) is 0 Å². The van der Waals surface area contributed by atoms with Gasteiger partial charge in [-0.15, -0.1) is 0 Å². The van der Waals surface area contributed by atoms with Gasteiger partial charge in [0.2, 0.25) is 0 Å². The Bertz CT molecular complexity index is 1430. The standard InChI is InChI=1S/C27H16F3NO2/c1-17-2-6-19(7-3-17)23-12-5-18(14-27(23)31(32)33)4-8-20-9-10-21(15-25(20)29)22-11-13-24(28)26(30)16-22/h2-3,5-7,9-16H,1H3. The number of nitrogens with zero attached hydrogens (tertiary/aromatic N) is 1. The van der Waals surface area contributed by atoms with Crippen LogP contribution in [0.5, 0.6) is 0 Å². The molecule has 0 aliphatic rings. The van der Waals surface area contributed by atoms with E-state index in [1.54, 1.807) is 18.2 Å². The molecule has 4 aromatic rings. The number of hydrogen-bond acceptors (Lipinski definition) is 2. The van der Waals surface area contributed by atoms with Crippen LogP contribution >= 0.6 is 0 Å². The fourth-order valence-electron chi connectivity index (χ4n) is 3.35. The van der Waals surface area contributed by atoms with Crippen LogP contribution in [0.4, 0.5) is 18.9 Å². The van der Waals surface area contributed by atoms with Crippen LogP contribution in [-0.4, -0.2) is 4.92 Å². The van der Waals surface area contributed by atoms with E-state index in [2.05, 4.69) is 11.8 Å². The van der Waals surface area contributed by atoms with Crippen molar-refractivity contribution in [3.05, 3.63) is 123 Å². The topological polar surface area (TPSA) is 43.1 Å². The molecule has 6 heteroatoms. The second-order valence-electron chi connectivity index (χ2n) is 7.43. The maximum atomic E-state index is 14.6. The maximum Gasteiger partial charge on any atom is 0.278 e. The molecule has 0 aliphatic carbocycles. The zero-order chi connectivity index (χ0) is 23.5. The molecule has 0 saturated carbocycles. The SMILES string of the molecule is Cc1ccc(-c2ccc(C#Cc3ccc(-c4ccc(F)c(F)c4)cc3F)cc2[N+](=O)[O-])cc1. The predicted octanol–water partition coefficient (Wildman–Crippen LogP) is 7.05. The fourth-order valence-corrected chi connectivity index (χ4v) is 3.35. The molecule has 0 bridgehead atoms. The van der Waals surface area contributed by atoms with Crippen molar-refractivity contribution in [2.24, 2.45) is 0 Å². The Hall–Kier alpha value is -4.37. The first-order valence-corrected chi connectivity index (χ1v) is 9.94. The number of rotatable bonds is 3. The number of nitro benzene ring substituents is 1. The van der Waals surface area contributed by atoms with E-state index < -0.39 is 22.4 Å². The monoisotopic (exact) mass is 443 g/mol. The van der Waals surface area contributed by atoms with Crippen molar-refractivity contribution >= 4 is 5.69 Å². The van der Waals surface area contributed by atoms with Crippen molar-refractivity contribution in [2.75, 3.05) is 0 Å². The molecule has 0 fully saturated rings. The van der Waals surface area contributed by atoms with Gasteiger partial charge in [-0.05, 0) is 60.0 Å². The minimum Gasteiger partial charge on any atom is -0.258 e. The molecule has 0 aromatic heterocycles.